The van der Waals surface area contributed by atoms with Gasteiger partial charge >= 0.3 is 0 Å². The molecule has 0 saturated carbocycles. The summed E-state index contributed by atoms with van der Waals surface area (Å²) < 4.78 is 5.68. The number of benzene rings is 1. The molecule has 1 heterocycles. The van der Waals surface area contributed by atoms with E-state index in [0.29, 0.717) is 18.7 Å². The summed E-state index contributed by atoms with van der Waals surface area (Å²) in [5.74, 6) is 0.921. The van der Waals surface area contributed by atoms with Crippen molar-refractivity contribution in [2.75, 3.05) is 51.8 Å². The summed E-state index contributed by atoms with van der Waals surface area (Å²) in [6.45, 7) is 14.1. The van der Waals surface area contributed by atoms with Gasteiger partial charge in [0.05, 0.1) is 19.3 Å². The van der Waals surface area contributed by atoms with Crippen LogP contribution in [0, 0.1) is 6.92 Å². The van der Waals surface area contributed by atoms with Crippen LogP contribution in [0.1, 0.15) is 44.7 Å². The third-order valence-electron chi connectivity index (χ3n) is 5.38. The average Bonchev–Trinajstić information content (AvgIpc) is 2.68. The maximum Gasteiger partial charge on any atom is 0.191 e. The molecule has 0 atom stereocenters. The van der Waals surface area contributed by atoms with Crippen molar-refractivity contribution in [2.24, 2.45) is 4.99 Å². The van der Waals surface area contributed by atoms with Gasteiger partial charge in [0.1, 0.15) is 0 Å². The predicted octanol–water partition coefficient (Wildman–Crippen LogP) is 3.62. The highest BCUT2D eigenvalue weighted by atomic mass is 127. The average molecular weight is 532 g/mol. The van der Waals surface area contributed by atoms with Crippen LogP contribution < -0.4 is 15.5 Å². The van der Waals surface area contributed by atoms with E-state index < -0.39 is 0 Å². The number of hydrogen-bond donors (Lipinski definition) is 2. The van der Waals surface area contributed by atoms with Crippen molar-refractivity contribution in [2.45, 2.75) is 59.2 Å². The van der Waals surface area contributed by atoms with Crippen molar-refractivity contribution in [1.29, 1.82) is 0 Å². The van der Waals surface area contributed by atoms with Gasteiger partial charge in [0, 0.05) is 52.0 Å². The van der Waals surface area contributed by atoms with E-state index in [0.717, 1.165) is 51.6 Å². The van der Waals surface area contributed by atoms with Crippen LogP contribution in [0.5, 0.6) is 0 Å². The van der Waals surface area contributed by atoms with Gasteiger partial charge < -0.3 is 25.2 Å². The van der Waals surface area contributed by atoms with Crippen LogP contribution >= 0.6 is 24.0 Å². The third-order valence-corrected chi connectivity index (χ3v) is 5.38. The normalized spacial score (nSPS) is 15.8. The van der Waals surface area contributed by atoms with E-state index in [1.165, 1.54) is 16.8 Å². The molecule has 0 bridgehead atoms. The molecule has 2 N–H and O–H groups in total. The maximum absolute atomic E-state index is 5.68. The molecule has 0 amide bonds. The van der Waals surface area contributed by atoms with Crippen LogP contribution in [0.2, 0.25) is 0 Å². The SMILES string of the molecule is CCNC(=NCc1ccc(N(C)C)cc1C)NC1CCN(CCOC(C)C)CC1.I. The van der Waals surface area contributed by atoms with Crippen LogP contribution in [-0.4, -0.2) is 69.9 Å². The van der Waals surface area contributed by atoms with Crippen molar-refractivity contribution in [1.82, 2.24) is 15.5 Å². The highest BCUT2D eigenvalue weighted by molar-refractivity contribution is 14.0. The molecule has 0 aromatic heterocycles. The molecule has 0 spiro atoms. The van der Waals surface area contributed by atoms with Gasteiger partial charge in [-0.15, -0.1) is 24.0 Å². The van der Waals surface area contributed by atoms with Crippen LogP contribution in [-0.2, 0) is 11.3 Å². The largest absolute Gasteiger partial charge is 0.378 e. The monoisotopic (exact) mass is 531 g/mol. The van der Waals surface area contributed by atoms with Crippen LogP contribution in [0.3, 0.4) is 0 Å². The fourth-order valence-corrected chi connectivity index (χ4v) is 3.53. The Morgan fingerprint density at radius 3 is 2.53 bits per heavy atom. The Morgan fingerprint density at radius 1 is 1.27 bits per heavy atom. The van der Waals surface area contributed by atoms with E-state index in [1.807, 2.05) is 0 Å². The zero-order chi connectivity index (χ0) is 21.2. The Labute approximate surface area is 200 Å². The molecular formula is C23H42IN5O. The zero-order valence-electron chi connectivity index (χ0n) is 19.7. The molecule has 30 heavy (non-hydrogen) atoms. The smallest absolute Gasteiger partial charge is 0.191 e. The molecule has 7 heteroatoms. The van der Waals surface area contributed by atoms with Crippen LogP contribution in [0.15, 0.2) is 23.2 Å². The quantitative estimate of drug-likeness (QED) is 0.290. The summed E-state index contributed by atoms with van der Waals surface area (Å²) in [7, 11) is 4.14. The Morgan fingerprint density at radius 2 is 1.97 bits per heavy atom. The second kappa shape index (κ2) is 14.1. The minimum Gasteiger partial charge on any atom is -0.378 e. The van der Waals surface area contributed by atoms with Gasteiger partial charge in [0.15, 0.2) is 5.96 Å². The molecule has 1 aromatic rings. The van der Waals surface area contributed by atoms with Gasteiger partial charge in [-0.05, 0) is 63.8 Å². The van der Waals surface area contributed by atoms with E-state index in [-0.39, 0.29) is 24.0 Å². The third kappa shape index (κ3) is 9.39. The number of hydrogen-bond acceptors (Lipinski definition) is 4. The number of guanidine groups is 1. The van der Waals surface area contributed by atoms with E-state index >= 15 is 0 Å². The number of nitrogens with one attached hydrogen (secondary N) is 2. The van der Waals surface area contributed by atoms with Gasteiger partial charge in [-0.3, -0.25) is 0 Å². The fraction of sp³-hybridized carbons (Fsp3) is 0.696. The summed E-state index contributed by atoms with van der Waals surface area (Å²) in [4.78, 5) is 9.48. The Hall–Kier alpha value is -1.06. The Balaban J connectivity index is 0.00000450. The molecule has 6 nitrogen and oxygen atoms in total. The lowest BCUT2D eigenvalue weighted by molar-refractivity contribution is 0.0532. The number of likely N-dealkylation sites (tertiary alicyclic amines) is 1. The molecule has 2 rings (SSSR count). The first-order valence-electron chi connectivity index (χ1n) is 11.0. The molecule has 1 fully saturated rings. The summed E-state index contributed by atoms with van der Waals surface area (Å²) in [6, 6.07) is 7.06. The van der Waals surface area contributed by atoms with Gasteiger partial charge in [0.2, 0.25) is 0 Å². The number of aliphatic imine (C=N–C) groups is 1. The van der Waals surface area contributed by atoms with E-state index in [4.69, 9.17) is 9.73 Å². The lowest BCUT2D eigenvalue weighted by atomic mass is 10.1. The molecule has 0 radical (unpaired) electrons. The first kappa shape index (κ1) is 27.0. The first-order chi connectivity index (χ1) is 13.9. The number of nitrogens with zero attached hydrogens (tertiary/aromatic N) is 3. The first-order valence-corrected chi connectivity index (χ1v) is 11.0. The fourth-order valence-electron chi connectivity index (χ4n) is 3.53. The standard InChI is InChI=1S/C23H41N5O.HI/c1-7-24-23(25-17-20-8-9-22(27(5)6)16-19(20)4)26-21-10-12-28(13-11-21)14-15-29-18(2)3;/h8-9,16,18,21H,7,10-15,17H2,1-6H3,(H2,24,25,26);1H. The van der Waals surface area contributed by atoms with Gasteiger partial charge in [-0.2, -0.15) is 0 Å². The number of piperidine rings is 1. The van der Waals surface area contributed by atoms with Crippen molar-refractivity contribution in [3.8, 4) is 0 Å². The van der Waals surface area contributed by atoms with Gasteiger partial charge in [-0.25, -0.2) is 4.99 Å². The summed E-state index contributed by atoms with van der Waals surface area (Å²) >= 11 is 0. The number of anilines is 1. The van der Waals surface area contributed by atoms with E-state index in [9.17, 15) is 0 Å². The second-order valence-corrected chi connectivity index (χ2v) is 8.38. The lowest BCUT2D eigenvalue weighted by Crippen LogP contribution is -2.49. The molecular weight excluding hydrogens is 489 g/mol. The predicted molar refractivity (Wildman–Crippen MR) is 139 cm³/mol. The summed E-state index contributed by atoms with van der Waals surface area (Å²) in [6.07, 6.45) is 2.60. The molecule has 0 aliphatic carbocycles. The zero-order valence-corrected chi connectivity index (χ0v) is 22.0. The van der Waals surface area contributed by atoms with Crippen molar-refractivity contribution < 1.29 is 4.74 Å². The Kier molecular flexibility index (Phi) is 12.7. The number of rotatable bonds is 9. The second-order valence-electron chi connectivity index (χ2n) is 8.38. The van der Waals surface area contributed by atoms with Crippen LogP contribution in [0.25, 0.3) is 0 Å². The number of aryl methyl sites for hydroxylation is 1. The summed E-state index contributed by atoms with van der Waals surface area (Å²) in [5.41, 5.74) is 3.78. The lowest BCUT2D eigenvalue weighted by Gasteiger charge is -2.33. The molecule has 1 aliphatic heterocycles. The molecule has 1 aliphatic rings. The minimum absolute atomic E-state index is 0. The molecule has 172 valence electrons. The number of halogens is 1. The van der Waals surface area contributed by atoms with E-state index in [2.05, 4.69) is 80.4 Å². The molecule has 1 saturated heterocycles. The Bertz CT molecular complexity index is 642. The highest BCUT2D eigenvalue weighted by Gasteiger charge is 2.19. The van der Waals surface area contributed by atoms with Crippen molar-refractivity contribution in [3.05, 3.63) is 29.3 Å². The minimum atomic E-state index is 0. The van der Waals surface area contributed by atoms with Crippen LogP contribution in [0.4, 0.5) is 5.69 Å². The van der Waals surface area contributed by atoms with Crippen molar-refractivity contribution >= 4 is 35.6 Å². The maximum atomic E-state index is 5.68. The van der Waals surface area contributed by atoms with Crippen molar-refractivity contribution in [3.63, 3.8) is 0 Å². The van der Waals surface area contributed by atoms with Gasteiger partial charge in [-0.1, -0.05) is 6.07 Å². The number of ether oxygens (including phenoxy) is 1. The summed E-state index contributed by atoms with van der Waals surface area (Å²) in [5, 5.41) is 7.05. The van der Waals surface area contributed by atoms with E-state index in [1.54, 1.807) is 0 Å². The molecule has 1 aromatic carbocycles. The topological polar surface area (TPSA) is 52.1 Å². The highest BCUT2D eigenvalue weighted by Crippen LogP contribution is 2.18. The van der Waals surface area contributed by atoms with Gasteiger partial charge in [0.25, 0.3) is 0 Å². The molecule has 0 unspecified atom stereocenters.